The predicted octanol–water partition coefficient (Wildman–Crippen LogP) is 11.2. The number of carbonyl (C=O) groups excluding carboxylic acids is 1. The van der Waals surface area contributed by atoms with E-state index in [1.807, 2.05) is 21.1 Å². The summed E-state index contributed by atoms with van der Waals surface area (Å²) in [5.74, 6) is -0.154. The maximum atomic E-state index is 12.8. The van der Waals surface area contributed by atoms with Gasteiger partial charge in [-0.15, -0.1) is 0 Å². The molecule has 298 valence electrons. The van der Waals surface area contributed by atoms with Gasteiger partial charge in [-0.1, -0.05) is 161 Å². The molecule has 1 unspecified atom stereocenters. The summed E-state index contributed by atoms with van der Waals surface area (Å²) in [7, 11) is 1.60. The lowest BCUT2D eigenvalue weighted by Crippen LogP contribution is -2.46. The van der Waals surface area contributed by atoms with Gasteiger partial charge in [-0.25, -0.2) is 4.57 Å². The summed E-state index contributed by atoms with van der Waals surface area (Å²) in [6, 6.07) is -0.769. The standard InChI is InChI=1S/C41H83N2O6P/c1-6-8-10-12-14-16-18-19-20-21-22-23-24-25-27-29-31-33-35-41(45)42-39(38-49-50(46,47)48-37-36-43(3,4)5)40(44)34-32-30-28-26-17-15-13-11-9-7-2/h17,26,39-40,44H,6-16,18-25,27-38H2,1-5H3,(H-,42,45,46,47)/p+1/b26-17+/t39-,40+/m0/s1. The van der Waals surface area contributed by atoms with E-state index in [9.17, 15) is 19.4 Å². The first-order chi connectivity index (χ1) is 24.0. The van der Waals surface area contributed by atoms with Crippen molar-refractivity contribution in [2.24, 2.45) is 0 Å². The van der Waals surface area contributed by atoms with E-state index in [0.29, 0.717) is 23.9 Å². The molecule has 0 saturated carbocycles. The zero-order valence-electron chi connectivity index (χ0n) is 33.7. The van der Waals surface area contributed by atoms with Crippen molar-refractivity contribution in [1.82, 2.24) is 5.32 Å². The Morgan fingerprint density at radius 1 is 0.660 bits per heavy atom. The topological polar surface area (TPSA) is 105 Å². The van der Waals surface area contributed by atoms with Crippen molar-refractivity contribution in [3.8, 4) is 0 Å². The number of hydrogen-bond donors (Lipinski definition) is 3. The average Bonchev–Trinajstić information content (AvgIpc) is 3.06. The molecular weight excluding hydrogens is 647 g/mol. The van der Waals surface area contributed by atoms with Crippen LogP contribution in [0.4, 0.5) is 0 Å². The maximum absolute atomic E-state index is 12.8. The quantitative estimate of drug-likeness (QED) is 0.0253. The number of phosphoric acid groups is 1. The van der Waals surface area contributed by atoms with Crippen molar-refractivity contribution in [1.29, 1.82) is 0 Å². The molecule has 0 rings (SSSR count). The van der Waals surface area contributed by atoms with Crippen molar-refractivity contribution >= 4 is 13.7 Å². The Balaban J connectivity index is 4.32. The van der Waals surface area contributed by atoms with Crippen LogP contribution >= 0.6 is 7.82 Å². The first kappa shape index (κ1) is 49.2. The molecule has 0 aromatic heterocycles. The SMILES string of the molecule is CCCCCC/C=C/CCCC[C@@H](O)[C@H](COP(=O)(O)OCC[N+](C)(C)C)NC(=O)CCCCCCCCCCCCCCCCCCCC. The van der Waals surface area contributed by atoms with Gasteiger partial charge in [0, 0.05) is 6.42 Å². The number of unbranched alkanes of at least 4 members (excludes halogenated alkanes) is 23. The van der Waals surface area contributed by atoms with Crippen molar-refractivity contribution in [3.05, 3.63) is 12.2 Å². The molecule has 1 amide bonds. The molecular formula is C41H84N2O6P+. The molecule has 0 aliphatic carbocycles. The van der Waals surface area contributed by atoms with Crippen molar-refractivity contribution in [2.45, 2.75) is 206 Å². The Morgan fingerprint density at radius 3 is 1.54 bits per heavy atom. The van der Waals surface area contributed by atoms with E-state index < -0.39 is 20.0 Å². The van der Waals surface area contributed by atoms with Crippen molar-refractivity contribution in [3.63, 3.8) is 0 Å². The van der Waals surface area contributed by atoms with Crippen LogP contribution in [0.1, 0.15) is 194 Å². The number of aliphatic hydroxyl groups excluding tert-OH is 1. The van der Waals surface area contributed by atoms with E-state index in [-0.39, 0.29) is 19.1 Å². The molecule has 0 heterocycles. The van der Waals surface area contributed by atoms with Crippen LogP contribution in [0.3, 0.4) is 0 Å². The van der Waals surface area contributed by atoms with Gasteiger partial charge in [0.1, 0.15) is 13.2 Å². The molecule has 0 spiro atoms. The number of aliphatic hydroxyl groups is 1. The summed E-state index contributed by atoms with van der Waals surface area (Å²) in [4.78, 5) is 23.0. The zero-order chi connectivity index (χ0) is 37.2. The second kappa shape index (κ2) is 34.0. The highest BCUT2D eigenvalue weighted by Gasteiger charge is 2.28. The minimum Gasteiger partial charge on any atom is -0.391 e. The number of rotatable bonds is 38. The van der Waals surface area contributed by atoms with Gasteiger partial charge in [-0.2, -0.15) is 0 Å². The number of quaternary nitrogens is 1. The second-order valence-electron chi connectivity index (χ2n) is 15.7. The highest BCUT2D eigenvalue weighted by Crippen LogP contribution is 2.43. The Labute approximate surface area is 310 Å². The number of nitrogens with one attached hydrogen (secondary N) is 1. The number of allylic oxidation sites excluding steroid dienone is 2. The molecule has 0 bridgehead atoms. The summed E-state index contributed by atoms with van der Waals surface area (Å²) in [5.41, 5.74) is 0. The molecule has 3 atom stereocenters. The molecule has 3 N–H and O–H groups in total. The highest BCUT2D eigenvalue weighted by molar-refractivity contribution is 7.47. The maximum Gasteiger partial charge on any atom is 0.472 e. The third-order valence-corrected chi connectivity index (χ3v) is 10.5. The van der Waals surface area contributed by atoms with Crippen molar-refractivity contribution < 1.29 is 32.9 Å². The summed E-state index contributed by atoms with van der Waals surface area (Å²) in [6.45, 7) is 4.84. The molecule has 0 aliphatic rings. The first-order valence-corrected chi connectivity index (χ1v) is 22.5. The van der Waals surface area contributed by atoms with Gasteiger partial charge in [0.25, 0.3) is 0 Å². The smallest absolute Gasteiger partial charge is 0.391 e. The molecule has 9 heteroatoms. The predicted molar refractivity (Wildman–Crippen MR) is 212 cm³/mol. The lowest BCUT2D eigenvalue weighted by Gasteiger charge is -2.26. The van der Waals surface area contributed by atoms with Crippen LogP contribution in [0, 0.1) is 0 Å². The van der Waals surface area contributed by atoms with Crippen LogP contribution in [0.25, 0.3) is 0 Å². The van der Waals surface area contributed by atoms with Gasteiger partial charge >= 0.3 is 7.82 Å². The van der Waals surface area contributed by atoms with E-state index in [0.717, 1.165) is 44.9 Å². The Morgan fingerprint density at radius 2 is 1.08 bits per heavy atom. The summed E-state index contributed by atoms with van der Waals surface area (Å²) in [5, 5.41) is 13.9. The lowest BCUT2D eigenvalue weighted by molar-refractivity contribution is -0.870. The summed E-state index contributed by atoms with van der Waals surface area (Å²) in [6.07, 6.45) is 36.7. The number of phosphoric ester groups is 1. The summed E-state index contributed by atoms with van der Waals surface area (Å²) < 4.78 is 23.5. The van der Waals surface area contributed by atoms with Gasteiger partial charge in [0.15, 0.2) is 0 Å². The number of nitrogens with zero attached hydrogens (tertiary/aromatic N) is 1. The van der Waals surface area contributed by atoms with E-state index >= 15 is 0 Å². The van der Waals surface area contributed by atoms with E-state index in [4.69, 9.17) is 9.05 Å². The average molecular weight is 732 g/mol. The van der Waals surface area contributed by atoms with Crippen LogP contribution in [0.15, 0.2) is 12.2 Å². The van der Waals surface area contributed by atoms with E-state index in [1.165, 1.54) is 122 Å². The Bertz CT molecular complexity index is 834. The molecule has 0 fully saturated rings. The van der Waals surface area contributed by atoms with Crippen LogP contribution < -0.4 is 5.32 Å². The zero-order valence-corrected chi connectivity index (χ0v) is 34.5. The Kier molecular flexibility index (Phi) is 33.5. The lowest BCUT2D eigenvalue weighted by atomic mass is 10.0. The van der Waals surface area contributed by atoms with Crippen LogP contribution in [-0.2, 0) is 18.4 Å². The van der Waals surface area contributed by atoms with Gasteiger partial charge in [0.2, 0.25) is 5.91 Å². The molecule has 0 aromatic rings. The molecule has 0 aliphatic heterocycles. The minimum atomic E-state index is -4.31. The normalized spacial score (nSPS) is 14.6. The number of carbonyl (C=O) groups is 1. The monoisotopic (exact) mass is 732 g/mol. The number of hydrogen-bond acceptors (Lipinski definition) is 5. The van der Waals surface area contributed by atoms with E-state index in [1.54, 1.807) is 0 Å². The summed E-state index contributed by atoms with van der Waals surface area (Å²) >= 11 is 0. The number of amides is 1. The minimum absolute atomic E-state index is 0.0718. The van der Waals surface area contributed by atoms with Gasteiger partial charge < -0.3 is 19.8 Å². The second-order valence-corrected chi connectivity index (χ2v) is 17.2. The number of likely N-dealkylation sites (N-methyl/N-ethyl adjacent to an activating group) is 1. The van der Waals surface area contributed by atoms with E-state index in [2.05, 4.69) is 31.3 Å². The molecule has 0 aromatic carbocycles. The van der Waals surface area contributed by atoms with Crippen LogP contribution in [0.5, 0.6) is 0 Å². The van der Waals surface area contributed by atoms with Gasteiger partial charge in [-0.05, 0) is 38.5 Å². The first-order valence-electron chi connectivity index (χ1n) is 21.1. The fourth-order valence-electron chi connectivity index (χ4n) is 6.10. The van der Waals surface area contributed by atoms with Crippen LogP contribution in [-0.4, -0.2) is 73.4 Å². The molecule has 0 radical (unpaired) electrons. The fraction of sp³-hybridized carbons (Fsp3) is 0.927. The molecule has 50 heavy (non-hydrogen) atoms. The Hall–Kier alpha value is -0.760. The largest absolute Gasteiger partial charge is 0.472 e. The van der Waals surface area contributed by atoms with Crippen LogP contribution in [0.2, 0.25) is 0 Å². The van der Waals surface area contributed by atoms with Gasteiger partial charge in [0.05, 0.1) is 39.9 Å². The van der Waals surface area contributed by atoms with Crippen molar-refractivity contribution in [2.75, 3.05) is 40.9 Å². The highest BCUT2D eigenvalue weighted by atomic mass is 31.2. The molecule has 0 saturated heterocycles. The van der Waals surface area contributed by atoms with Gasteiger partial charge in [-0.3, -0.25) is 13.8 Å². The third-order valence-electron chi connectivity index (χ3n) is 9.51. The third kappa shape index (κ3) is 35.6. The molecule has 8 nitrogen and oxygen atoms in total. The fourth-order valence-corrected chi connectivity index (χ4v) is 6.83.